The second kappa shape index (κ2) is 10.1. The number of hydrogen-bond donors (Lipinski definition) is 0. The molecule has 4 aromatic rings. The van der Waals surface area contributed by atoms with Gasteiger partial charge in [-0.2, -0.15) is 0 Å². The first-order valence-corrected chi connectivity index (χ1v) is 12.9. The SMILES string of the molecule is C=Cc1cnc2c(N3CCc4c(-c5cccc(OCCCN6CCCC6)c5)cccc43)ncnc2c1. The quantitative estimate of drug-likeness (QED) is 0.295. The fourth-order valence-electron chi connectivity index (χ4n) is 5.42. The van der Waals surface area contributed by atoms with Crippen LogP contribution in [0.25, 0.3) is 28.2 Å². The molecular weight excluding hydrogens is 446 g/mol. The van der Waals surface area contributed by atoms with Crippen LogP contribution in [0.15, 0.2) is 67.6 Å². The Morgan fingerprint density at radius 3 is 2.75 bits per heavy atom. The van der Waals surface area contributed by atoms with E-state index in [9.17, 15) is 0 Å². The van der Waals surface area contributed by atoms with Crippen LogP contribution < -0.4 is 9.64 Å². The Bertz CT molecular complexity index is 1400. The predicted molar refractivity (Wildman–Crippen MR) is 146 cm³/mol. The minimum atomic E-state index is 0.752. The van der Waals surface area contributed by atoms with Crippen LogP contribution in [-0.2, 0) is 6.42 Å². The van der Waals surface area contributed by atoms with Crippen LogP contribution in [0.2, 0.25) is 0 Å². The van der Waals surface area contributed by atoms with Crippen LogP contribution in [0.3, 0.4) is 0 Å². The Morgan fingerprint density at radius 1 is 0.972 bits per heavy atom. The minimum Gasteiger partial charge on any atom is -0.494 e. The van der Waals surface area contributed by atoms with E-state index in [-0.39, 0.29) is 0 Å². The number of hydrogen-bond acceptors (Lipinski definition) is 6. The van der Waals surface area contributed by atoms with Crippen LogP contribution in [0.4, 0.5) is 11.5 Å². The maximum Gasteiger partial charge on any atom is 0.163 e. The molecule has 0 saturated carbocycles. The van der Waals surface area contributed by atoms with Crippen molar-refractivity contribution in [2.24, 2.45) is 0 Å². The van der Waals surface area contributed by atoms with E-state index in [4.69, 9.17) is 4.74 Å². The summed E-state index contributed by atoms with van der Waals surface area (Å²) >= 11 is 0. The molecule has 0 unspecified atom stereocenters. The van der Waals surface area contributed by atoms with Gasteiger partial charge in [-0.3, -0.25) is 4.98 Å². The standard InChI is InChI=1S/C30H31N5O/c1-2-22-18-27-29(31-20-22)30(33-21-32-27)35-16-12-26-25(10-6-11-28(26)35)23-8-5-9-24(19-23)36-17-7-15-34-13-3-4-14-34/h2,5-6,8-11,18-21H,1,3-4,7,12-17H2. The van der Waals surface area contributed by atoms with Gasteiger partial charge in [0, 0.05) is 25.0 Å². The second-order valence-electron chi connectivity index (χ2n) is 9.52. The highest BCUT2D eigenvalue weighted by molar-refractivity contribution is 5.91. The van der Waals surface area contributed by atoms with E-state index in [1.165, 1.54) is 48.3 Å². The molecule has 1 fully saturated rings. The zero-order chi connectivity index (χ0) is 24.3. The zero-order valence-electron chi connectivity index (χ0n) is 20.6. The number of benzene rings is 2. The molecule has 36 heavy (non-hydrogen) atoms. The molecule has 2 aliphatic heterocycles. The lowest BCUT2D eigenvalue weighted by atomic mass is 9.98. The molecule has 0 bridgehead atoms. The number of ether oxygens (including phenoxy) is 1. The second-order valence-corrected chi connectivity index (χ2v) is 9.52. The highest BCUT2D eigenvalue weighted by Gasteiger charge is 2.26. The molecule has 0 N–H and O–H groups in total. The van der Waals surface area contributed by atoms with Gasteiger partial charge in [0.15, 0.2) is 5.82 Å². The summed E-state index contributed by atoms with van der Waals surface area (Å²) in [5, 5.41) is 0. The van der Waals surface area contributed by atoms with Gasteiger partial charge in [0.25, 0.3) is 0 Å². The average molecular weight is 478 g/mol. The van der Waals surface area contributed by atoms with Crippen molar-refractivity contribution in [3.63, 3.8) is 0 Å². The molecule has 182 valence electrons. The van der Waals surface area contributed by atoms with E-state index in [0.29, 0.717) is 0 Å². The van der Waals surface area contributed by atoms with E-state index in [1.807, 2.05) is 12.3 Å². The number of pyridine rings is 1. The topological polar surface area (TPSA) is 54.4 Å². The first kappa shape index (κ1) is 22.7. The summed E-state index contributed by atoms with van der Waals surface area (Å²) in [5.74, 6) is 1.78. The fourth-order valence-corrected chi connectivity index (χ4v) is 5.42. The van der Waals surface area contributed by atoms with Crippen molar-refractivity contribution < 1.29 is 4.74 Å². The van der Waals surface area contributed by atoms with Gasteiger partial charge >= 0.3 is 0 Å². The first-order chi connectivity index (χ1) is 17.8. The number of likely N-dealkylation sites (tertiary alicyclic amines) is 1. The molecule has 1 saturated heterocycles. The molecule has 0 aliphatic carbocycles. The van der Waals surface area contributed by atoms with Gasteiger partial charge in [-0.25, -0.2) is 9.97 Å². The Morgan fingerprint density at radius 2 is 1.86 bits per heavy atom. The third kappa shape index (κ3) is 4.44. The molecule has 0 atom stereocenters. The number of nitrogens with zero attached hydrogens (tertiary/aromatic N) is 5. The van der Waals surface area contributed by atoms with Crippen LogP contribution >= 0.6 is 0 Å². The number of fused-ring (bicyclic) bond motifs is 2. The third-order valence-corrected chi connectivity index (χ3v) is 7.23. The third-order valence-electron chi connectivity index (χ3n) is 7.23. The lowest BCUT2D eigenvalue weighted by Crippen LogP contribution is -2.21. The van der Waals surface area contributed by atoms with E-state index >= 15 is 0 Å². The van der Waals surface area contributed by atoms with Crippen LogP contribution in [0, 0.1) is 0 Å². The number of anilines is 2. The smallest absolute Gasteiger partial charge is 0.163 e. The van der Waals surface area contributed by atoms with Crippen LogP contribution in [-0.4, -0.2) is 52.6 Å². The highest BCUT2D eigenvalue weighted by atomic mass is 16.5. The normalized spacial score (nSPS) is 15.4. The molecule has 2 aromatic heterocycles. The largest absolute Gasteiger partial charge is 0.494 e. The molecule has 4 heterocycles. The molecule has 0 amide bonds. The van der Waals surface area contributed by atoms with E-state index in [1.54, 1.807) is 12.4 Å². The highest BCUT2D eigenvalue weighted by Crippen LogP contribution is 2.41. The average Bonchev–Trinajstić information content (AvgIpc) is 3.61. The molecule has 6 nitrogen and oxygen atoms in total. The molecule has 6 heteroatoms. The van der Waals surface area contributed by atoms with Crippen molar-refractivity contribution in [2.45, 2.75) is 25.7 Å². The van der Waals surface area contributed by atoms with Crippen molar-refractivity contribution in [1.29, 1.82) is 0 Å². The Balaban J connectivity index is 1.24. The van der Waals surface area contributed by atoms with Crippen molar-refractivity contribution in [1.82, 2.24) is 19.9 Å². The monoisotopic (exact) mass is 477 g/mol. The van der Waals surface area contributed by atoms with Crippen molar-refractivity contribution >= 4 is 28.6 Å². The van der Waals surface area contributed by atoms with Crippen LogP contribution in [0.1, 0.15) is 30.4 Å². The predicted octanol–water partition coefficient (Wildman–Crippen LogP) is 5.89. The summed E-state index contributed by atoms with van der Waals surface area (Å²) in [5.41, 5.74) is 7.54. The van der Waals surface area contributed by atoms with E-state index in [0.717, 1.165) is 60.7 Å². The molecule has 2 aliphatic rings. The van der Waals surface area contributed by atoms with Crippen molar-refractivity contribution in [3.8, 4) is 16.9 Å². The summed E-state index contributed by atoms with van der Waals surface area (Å²) in [7, 11) is 0. The molecule has 6 rings (SSSR count). The van der Waals surface area contributed by atoms with Gasteiger partial charge < -0.3 is 14.5 Å². The fraction of sp³-hybridized carbons (Fsp3) is 0.300. The molecule has 2 aromatic carbocycles. The Hall–Kier alpha value is -3.77. The summed E-state index contributed by atoms with van der Waals surface area (Å²) in [6.45, 7) is 9.06. The summed E-state index contributed by atoms with van der Waals surface area (Å²) < 4.78 is 6.14. The number of rotatable bonds is 8. The lowest BCUT2D eigenvalue weighted by Gasteiger charge is -2.20. The van der Waals surface area contributed by atoms with Gasteiger partial charge in [-0.1, -0.05) is 36.9 Å². The Kier molecular flexibility index (Phi) is 6.35. The lowest BCUT2D eigenvalue weighted by molar-refractivity contribution is 0.263. The summed E-state index contributed by atoms with van der Waals surface area (Å²) in [6, 6.07) is 17.0. The first-order valence-electron chi connectivity index (χ1n) is 12.9. The zero-order valence-corrected chi connectivity index (χ0v) is 20.6. The maximum absolute atomic E-state index is 6.14. The van der Waals surface area contributed by atoms with Crippen molar-refractivity contribution in [2.75, 3.05) is 37.7 Å². The van der Waals surface area contributed by atoms with Crippen molar-refractivity contribution in [3.05, 3.63) is 78.8 Å². The maximum atomic E-state index is 6.14. The minimum absolute atomic E-state index is 0.752. The molecule has 0 radical (unpaired) electrons. The van der Waals surface area contributed by atoms with E-state index < -0.39 is 0 Å². The Labute approximate surface area is 212 Å². The molecular formula is C30H31N5O. The van der Waals surface area contributed by atoms with Gasteiger partial charge in [0.1, 0.15) is 17.6 Å². The number of aromatic nitrogens is 3. The summed E-state index contributed by atoms with van der Waals surface area (Å²) in [6.07, 6.45) is 9.92. The van der Waals surface area contributed by atoms with Gasteiger partial charge in [0.05, 0.1) is 12.1 Å². The van der Waals surface area contributed by atoms with Crippen LogP contribution in [0.5, 0.6) is 5.75 Å². The molecule has 0 spiro atoms. The van der Waals surface area contributed by atoms with Gasteiger partial charge in [0.2, 0.25) is 0 Å². The van der Waals surface area contributed by atoms with Gasteiger partial charge in [-0.05, 0) is 85.3 Å². The van der Waals surface area contributed by atoms with E-state index in [2.05, 4.69) is 73.8 Å². The summed E-state index contributed by atoms with van der Waals surface area (Å²) in [4.78, 5) is 18.5. The van der Waals surface area contributed by atoms with Gasteiger partial charge in [-0.15, -0.1) is 0 Å².